The van der Waals surface area contributed by atoms with Gasteiger partial charge in [-0.3, -0.25) is 10.1 Å². The Hall–Kier alpha value is -2.65. The summed E-state index contributed by atoms with van der Waals surface area (Å²) in [6, 6.07) is 9.59. The molecule has 0 bridgehead atoms. The molecule has 2 rings (SSSR count). The fourth-order valence-electron chi connectivity index (χ4n) is 2.48. The normalized spacial score (nSPS) is 11.4. The van der Waals surface area contributed by atoms with Crippen molar-refractivity contribution < 1.29 is 18.1 Å². The molecular weight excluding hydrogens is 370 g/mol. The average Bonchev–Trinajstić information content (AvgIpc) is 2.63. The predicted octanol–water partition coefficient (Wildman–Crippen LogP) is 2.95. The van der Waals surface area contributed by atoms with Gasteiger partial charge in [-0.05, 0) is 43.2 Å². The molecule has 0 saturated carbocycles. The zero-order chi connectivity index (χ0) is 20.2. The van der Waals surface area contributed by atoms with Crippen molar-refractivity contribution in [1.29, 1.82) is 0 Å². The number of nitrogens with zero attached hydrogens (tertiary/aromatic N) is 2. The number of aryl methyl sites for hydroxylation is 2. The second-order valence-corrected chi connectivity index (χ2v) is 8.17. The molecular formula is C18H23N3O5S. The highest BCUT2D eigenvalue weighted by atomic mass is 32.2. The molecule has 0 amide bonds. The van der Waals surface area contributed by atoms with Crippen molar-refractivity contribution in [2.75, 3.05) is 32.6 Å². The van der Waals surface area contributed by atoms with Gasteiger partial charge in [0.25, 0.3) is 5.69 Å². The van der Waals surface area contributed by atoms with E-state index in [9.17, 15) is 18.5 Å². The lowest BCUT2D eigenvalue weighted by Crippen LogP contribution is -2.31. The molecule has 0 aliphatic heterocycles. The second kappa shape index (κ2) is 8.36. The van der Waals surface area contributed by atoms with Crippen molar-refractivity contribution in [3.8, 4) is 5.75 Å². The zero-order valence-corrected chi connectivity index (χ0v) is 16.5. The molecule has 0 saturated heterocycles. The van der Waals surface area contributed by atoms with E-state index in [-0.39, 0.29) is 29.4 Å². The van der Waals surface area contributed by atoms with Crippen LogP contribution >= 0.6 is 0 Å². The molecule has 8 nitrogen and oxygen atoms in total. The van der Waals surface area contributed by atoms with Crippen LogP contribution in [0.5, 0.6) is 5.75 Å². The van der Waals surface area contributed by atoms with Crippen molar-refractivity contribution in [3.63, 3.8) is 0 Å². The summed E-state index contributed by atoms with van der Waals surface area (Å²) in [6.07, 6.45) is 0. The van der Waals surface area contributed by atoms with Gasteiger partial charge >= 0.3 is 0 Å². The fraction of sp³-hybridized carbons (Fsp3) is 0.333. The van der Waals surface area contributed by atoms with E-state index >= 15 is 0 Å². The molecule has 0 heterocycles. The van der Waals surface area contributed by atoms with Crippen LogP contribution in [0.25, 0.3) is 0 Å². The van der Waals surface area contributed by atoms with E-state index in [1.807, 2.05) is 32.0 Å². The Labute approximate surface area is 159 Å². The number of likely N-dealkylation sites (N-methyl/N-ethyl adjacent to an activating group) is 1. The molecule has 9 heteroatoms. The van der Waals surface area contributed by atoms with Crippen LogP contribution < -0.4 is 10.1 Å². The van der Waals surface area contributed by atoms with Gasteiger partial charge in [-0.15, -0.1) is 0 Å². The summed E-state index contributed by atoms with van der Waals surface area (Å²) in [7, 11) is -0.920. The number of hydrogen-bond donors (Lipinski definition) is 1. The zero-order valence-electron chi connectivity index (χ0n) is 15.7. The molecule has 0 spiro atoms. The molecule has 0 atom stereocenters. The summed E-state index contributed by atoms with van der Waals surface area (Å²) < 4.78 is 32.2. The number of nitro groups is 1. The molecule has 0 aliphatic rings. The van der Waals surface area contributed by atoms with Gasteiger partial charge < -0.3 is 10.1 Å². The maximum Gasteiger partial charge on any atom is 0.293 e. The number of benzene rings is 2. The lowest BCUT2D eigenvalue weighted by Gasteiger charge is -2.18. The van der Waals surface area contributed by atoms with E-state index < -0.39 is 14.9 Å². The highest BCUT2D eigenvalue weighted by Gasteiger charge is 2.24. The Bertz CT molecular complexity index is 944. The monoisotopic (exact) mass is 393 g/mol. The first-order chi connectivity index (χ1) is 12.7. The van der Waals surface area contributed by atoms with Gasteiger partial charge in [0.2, 0.25) is 10.0 Å². The van der Waals surface area contributed by atoms with Gasteiger partial charge in [0.15, 0.2) is 0 Å². The molecule has 146 valence electrons. The van der Waals surface area contributed by atoms with Crippen molar-refractivity contribution in [2.24, 2.45) is 0 Å². The standard InChI is InChI=1S/C18H23N3O5S/c1-13-5-6-14(2)18(11-13)26-10-9-20(4)27(24,25)15-7-8-16(19-3)17(12-15)21(22)23/h5-8,11-12,19H,9-10H2,1-4H3. The summed E-state index contributed by atoms with van der Waals surface area (Å²) in [4.78, 5) is 10.4. The number of rotatable bonds is 8. The number of anilines is 1. The van der Waals surface area contributed by atoms with Crippen LogP contribution in [-0.2, 0) is 10.0 Å². The average molecular weight is 393 g/mol. The Morgan fingerprint density at radius 1 is 1.19 bits per heavy atom. The molecule has 0 radical (unpaired) electrons. The van der Waals surface area contributed by atoms with Gasteiger partial charge in [-0.25, -0.2) is 8.42 Å². The van der Waals surface area contributed by atoms with Crippen LogP contribution in [0.15, 0.2) is 41.3 Å². The minimum atomic E-state index is -3.87. The van der Waals surface area contributed by atoms with E-state index in [4.69, 9.17) is 4.74 Å². The van der Waals surface area contributed by atoms with Crippen molar-refractivity contribution >= 4 is 21.4 Å². The van der Waals surface area contributed by atoms with Crippen LogP contribution in [0.1, 0.15) is 11.1 Å². The smallest absolute Gasteiger partial charge is 0.293 e. The van der Waals surface area contributed by atoms with E-state index in [1.165, 1.54) is 26.2 Å². The minimum Gasteiger partial charge on any atom is -0.492 e. The first-order valence-corrected chi connectivity index (χ1v) is 9.73. The highest BCUT2D eigenvalue weighted by molar-refractivity contribution is 7.89. The largest absolute Gasteiger partial charge is 0.492 e. The summed E-state index contributed by atoms with van der Waals surface area (Å²) >= 11 is 0. The van der Waals surface area contributed by atoms with Gasteiger partial charge in [-0.2, -0.15) is 4.31 Å². The summed E-state index contributed by atoms with van der Waals surface area (Å²) in [5.41, 5.74) is 1.97. The Morgan fingerprint density at radius 2 is 1.89 bits per heavy atom. The van der Waals surface area contributed by atoms with Crippen molar-refractivity contribution in [3.05, 3.63) is 57.6 Å². The number of nitrogens with one attached hydrogen (secondary N) is 1. The van der Waals surface area contributed by atoms with Gasteiger partial charge in [0, 0.05) is 26.7 Å². The van der Waals surface area contributed by atoms with E-state index in [1.54, 1.807) is 0 Å². The van der Waals surface area contributed by atoms with Crippen molar-refractivity contribution in [2.45, 2.75) is 18.7 Å². The Kier molecular flexibility index (Phi) is 6.40. The molecule has 2 aromatic carbocycles. The molecule has 1 N–H and O–H groups in total. The lowest BCUT2D eigenvalue weighted by atomic mass is 10.1. The maximum absolute atomic E-state index is 12.7. The third kappa shape index (κ3) is 4.75. The quantitative estimate of drug-likeness (QED) is 0.546. The van der Waals surface area contributed by atoms with Gasteiger partial charge in [0.05, 0.1) is 9.82 Å². The van der Waals surface area contributed by atoms with Crippen LogP contribution in [0, 0.1) is 24.0 Å². The molecule has 27 heavy (non-hydrogen) atoms. The van der Waals surface area contributed by atoms with E-state index in [0.717, 1.165) is 21.5 Å². The van der Waals surface area contributed by atoms with Gasteiger partial charge in [0.1, 0.15) is 18.0 Å². The Morgan fingerprint density at radius 3 is 2.52 bits per heavy atom. The first kappa shape index (κ1) is 20.7. The molecule has 0 aromatic heterocycles. The maximum atomic E-state index is 12.7. The minimum absolute atomic E-state index is 0.108. The number of nitro benzene ring substituents is 1. The van der Waals surface area contributed by atoms with Crippen molar-refractivity contribution in [1.82, 2.24) is 4.31 Å². The third-order valence-corrected chi connectivity index (χ3v) is 6.00. The fourth-order valence-corrected chi connectivity index (χ4v) is 3.66. The first-order valence-electron chi connectivity index (χ1n) is 8.29. The number of ether oxygens (including phenoxy) is 1. The van der Waals surface area contributed by atoms with E-state index in [0.29, 0.717) is 5.75 Å². The van der Waals surface area contributed by atoms with Crippen LogP contribution in [0.4, 0.5) is 11.4 Å². The summed E-state index contributed by atoms with van der Waals surface area (Å²) in [6.45, 7) is 4.14. The van der Waals surface area contributed by atoms with Crippen LogP contribution in [0.3, 0.4) is 0 Å². The topological polar surface area (TPSA) is 102 Å². The number of hydrogen-bond acceptors (Lipinski definition) is 6. The Balaban J connectivity index is 2.13. The molecule has 2 aromatic rings. The predicted molar refractivity (Wildman–Crippen MR) is 104 cm³/mol. The molecule has 0 unspecified atom stereocenters. The van der Waals surface area contributed by atoms with Crippen LogP contribution in [0.2, 0.25) is 0 Å². The van der Waals surface area contributed by atoms with E-state index in [2.05, 4.69) is 5.32 Å². The summed E-state index contributed by atoms with van der Waals surface area (Å²) in [5, 5.41) is 13.8. The third-order valence-electron chi connectivity index (χ3n) is 4.15. The summed E-state index contributed by atoms with van der Waals surface area (Å²) in [5.74, 6) is 0.704. The molecule has 0 fully saturated rings. The number of sulfonamides is 1. The SMILES string of the molecule is CNc1ccc(S(=O)(=O)N(C)CCOc2cc(C)ccc2C)cc1[N+](=O)[O-]. The van der Waals surface area contributed by atoms with Gasteiger partial charge in [-0.1, -0.05) is 12.1 Å². The molecule has 0 aliphatic carbocycles. The van der Waals surface area contributed by atoms with Crippen LogP contribution in [-0.4, -0.2) is 44.9 Å². The second-order valence-electron chi connectivity index (χ2n) is 6.13. The lowest BCUT2D eigenvalue weighted by molar-refractivity contribution is -0.384. The highest BCUT2D eigenvalue weighted by Crippen LogP contribution is 2.28.